The van der Waals surface area contributed by atoms with Crippen LogP contribution in [0.3, 0.4) is 0 Å². The van der Waals surface area contributed by atoms with E-state index in [0.29, 0.717) is 5.69 Å². The van der Waals surface area contributed by atoms with Crippen LogP contribution in [-0.2, 0) is 19.1 Å². The normalized spacial score (nSPS) is 32.3. The molecule has 1 aromatic carbocycles. The minimum Gasteiger partial charge on any atom is -0.360 e. The fourth-order valence-corrected chi connectivity index (χ4v) is 4.02. The molecule has 0 saturated carbocycles. The van der Waals surface area contributed by atoms with Crippen molar-refractivity contribution in [3.8, 4) is 0 Å². The number of ether oxygens (including phenoxy) is 1. The van der Waals surface area contributed by atoms with Crippen molar-refractivity contribution in [3.05, 3.63) is 42.5 Å². The van der Waals surface area contributed by atoms with Crippen molar-refractivity contribution >= 4 is 23.4 Å². The van der Waals surface area contributed by atoms with E-state index in [2.05, 4.69) is 5.32 Å². The summed E-state index contributed by atoms with van der Waals surface area (Å²) in [4.78, 5) is 39.6. The Kier molecular flexibility index (Phi) is 3.60. The zero-order valence-electron chi connectivity index (χ0n) is 15.1. The van der Waals surface area contributed by atoms with Crippen LogP contribution >= 0.6 is 0 Å². The molecule has 1 aromatic rings. The van der Waals surface area contributed by atoms with Gasteiger partial charge in [-0.3, -0.25) is 14.4 Å². The molecule has 26 heavy (non-hydrogen) atoms. The molecule has 2 bridgehead atoms. The lowest BCUT2D eigenvalue weighted by atomic mass is 9.76. The average Bonchev–Trinajstić information content (AvgIpc) is 3.23. The number of nitrogens with one attached hydrogen (secondary N) is 1. The SMILES string of the molecule is CC(C)(C)C(=O)NC[C@]12C=C[C@H](O1)[C@@H]1C(=O)N(c3ccccc3)C(=O)[C@@H]12. The lowest BCUT2D eigenvalue weighted by Gasteiger charge is -2.30. The highest BCUT2D eigenvalue weighted by Crippen LogP contribution is 2.52. The van der Waals surface area contributed by atoms with Gasteiger partial charge in [-0.15, -0.1) is 0 Å². The van der Waals surface area contributed by atoms with E-state index in [1.807, 2.05) is 39.0 Å². The predicted octanol–water partition coefficient (Wildman–Crippen LogP) is 1.66. The largest absolute Gasteiger partial charge is 0.360 e. The lowest BCUT2D eigenvalue weighted by molar-refractivity contribution is -0.132. The van der Waals surface area contributed by atoms with Gasteiger partial charge in [-0.25, -0.2) is 4.90 Å². The van der Waals surface area contributed by atoms with Crippen LogP contribution in [0.1, 0.15) is 20.8 Å². The third-order valence-electron chi connectivity index (χ3n) is 5.38. The van der Waals surface area contributed by atoms with Crippen molar-refractivity contribution in [2.75, 3.05) is 11.4 Å². The zero-order chi connectivity index (χ0) is 18.7. The number of hydrogen-bond donors (Lipinski definition) is 1. The molecule has 3 aliphatic rings. The van der Waals surface area contributed by atoms with Crippen LogP contribution < -0.4 is 10.2 Å². The van der Waals surface area contributed by atoms with Crippen molar-refractivity contribution < 1.29 is 19.1 Å². The molecule has 0 aromatic heterocycles. The molecule has 3 amide bonds. The number of nitrogens with zero attached hydrogens (tertiary/aromatic N) is 1. The van der Waals surface area contributed by atoms with Crippen LogP contribution in [0.4, 0.5) is 5.69 Å². The van der Waals surface area contributed by atoms with Gasteiger partial charge in [0.15, 0.2) is 0 Å². The Morgan fingerprint density at radius 1 is 1.19 bits per heavy atom. The van der Waals surface area contributed by atoms with Gasteiger partial charge in [0.25, 0.3) is 0 Å². The van der Waals surface area contributed by atoms with E-state index >= 15 is 0 Å². The number of hydrogen-bond acceptors (Lipinski definition) is 4. The van der Waals surface area contributed by atoms with Gasteiger partial charge in [-0.2, -0.15) is 0 Å². The van der Waals surface area contributed by atoms with Crippen LogP contribution in [0.25, 0.3) is 0 Å². The van der Waals surface area contributed by atoms with E-state index in [-0.39, 0.29) is 24.3 Å². The van der Waals surface area contributed by atoms with Crippen LogP contribution in [0, 0.1) is 17.3 Å². The van der Waals surface area contributed by atoms with E-state index in [0.717, 1.165) is 0 Å². The van der Waals surface area contributed by atoms with Crippen LogP contribution in [-0.4, -0.2) is 36.0 Å². The monoisotopic (exact) mass is 354 g/mol. The van der Waals surface area contributed by atoms with Crippen molar-refractivity contribution in [1.29, 1.82) is 0 Å². The molecule has 136 valence electrons. The fraction of sp³-hybridized carbons (Fsp3) is 0.450. The van der Waals surface area contributed by atoms with Gasteiger partial charge in [0, 0.05) is 5.41 Å². The second-order valence-electron chi connectivity index (χ2n) is 8.18. The number of rotatable bonds is 3. The first-order valence-electron chi connectivity index (χ1n) is 8.83. The number of fused-ring (bicyclic) bond motifs is 5. The Morgan fingerprint density at radius 2 is 1.88 bits per heavy atom. The smallest absolute Gasteiger partial charge is 0.241 e. The Morgan fingerprint density at radius 3 is 2.54 bits per heavy atom. The number of anilines is 1. The first-order valence-corrected chi connectivity index (χ1v) is 8.83. The summed E-state index contributed by atoms with van der Waals surface area (Å²) in [5, 5.41) is 2.89. The van der Waals surface area contributed by atoms with Crippen LogP contribution in [0.5, 0.6) is 0 Å². The molecule has 6 nitrogen and oxygen atoms in total. The summed E-state index contributed by atoms with van der Waals surface area (Å²) in [7, 11) is 0. The molecule has 0 radical (unpaired) electrons. The average molecular weight is 354 g/mol. The predicted molar refractivity (Wildman–Crippen MR) is 95.1 cm³/mol. The molecule has 2 saturated heterocycles. The second kappa shape index (κ2) is 5.51. The Labute approximate surface area is 152 Å². The van der Waals surface area contributed by atoms with Gasteiger partial charge in [-0.1, -0.05) is 51.1 Å². The van der Waals surface area contributed by atoms with Gasteiger partial charge in [0.2, 0.25) is 17.7 Å². The van der Waals surface area contributed by atoms with Crippen molar-refractivity contribution in [1.82, 2.24) is 5.32 Å². The number of amides is 3. The Bertz CT molecular complexity index is 811. The van der Waals surface area contributed by atoms with E-state index in [4.69, 9.17) is 4.74 Å². The summed E-state index contributed by atoms with van der Waals surface area (Å²) >= 11 is 0. The maximum absolute atomic E-state index is 13.1. The molecular formula is C20H22N2O4. The number of carbonyl (C=O) groups excluding carboxylic acids is 3. The van der Waals surface area contributed by atoms with Gasteiger partial charge >= 0.3 is 0 Å². The van der Waals surface area contributed by atoms with Crippen LogP contribution in [0.2, 0.25) is 0 Å². The highest BCUT2D eigenvalue weighted by Gasteiger charge is 2.67. The molecule has 0 aliphatic carbocycles. The minimum absolute atomic E-state index is 0.118. The molecule has 0 spiro atoms. The topological polar surface area (TPSA) is 75.7 Å². The molecule has 6 heteroatoms. The molecule has 1 N–H and O–H groups in total. The number of para-hydroxylation sites is 1. The molecule has 4 atom stereocenters. The third-order valence-corrected chi connectivity index (χ3v) is 5.38. The highest BCUT2D eigenvalue weighted by molar-refractivity contribution is 6.23. The van der Waals surface area contributed by atoms with Crippen molar-refractivity contribution in [2.45, 2.75) is 32.5 Å². The molecular weight excluding hydrogens is 332 g/mol. The first-order chi connectivity index (χ1) is 12.2. The van der Waals surface area contributed by atoms with Gasteiger partial charge in [0.05, 0.1) is 30.2 Å². The molecule has 2 fully saturated rings. The zero-order valence-corrected chi connectivity index (χ0v) is 15.1. The Balaban J connectivity index is 1.62. The van der Waals surface area contributed by atoms with E-state index < -0.39 is 29.0 Å². The summed E-state index contributed by atoms with van der Waals surface area (Å²) in [5.74, 6) is -1.75. The van der Waals surface area contributed by atoms with Gasteiger partial charge < -0.3 is 10.1 Å². The molecule has 4 rings (SSSR count). The molecule has 3 aliphatic heterocycles. The van der Waals surface area contributed by atoms with Crippen molar-refractivity contribution in [2.24, 2.45) is 17.3 Å². The minimum atomic E-state index is -0.952. The van der Waals surface area contributed by atoms with Gasteiger partial charge in [0.1, 0.15) is 5.60 Å². The lowest BCUT2D eigenvalue weighted by Crippen LogP contribution is -2.50. The van der Waals surface area contributed by atoms with E-state index in [9.17, 15) is 14.4 Å². The second-order valence-corrected chi connectivity index (χ2v) is 8.18. The summed E-state index contributed by atoms with van der Waals surface area (Å²) in [6.07, 6.45) is 3.25. The summed E-state index contributed by atoms with van der Waals surface area (Å²) in [5.41, 5.74) is -0.917. The first kappa shape index (κ1) is 17.0. The molecule has 0 unspecified atom stereocenters. The highest BCUT2D eigenvalue weighted by atomic mass is 16.5. The maximum Gasteiger partial charge on any atom is 0.241 e. The number of imide groups is 1. The number of carbonyl (C=O) groups is 3. The fourth-order valence-electron chi connectivity index (χ4n) is 4.02. The summed E-state index contributed by atoms with van der Waals surface area (Å²) < 4.78 is 6.02. The summed E-state index contributed by atoms with van der Waals surface area (Å²) in [6.45, 7) is 5.66. The summed E-state index contributed by atoms with van der Waals surface area (Å²) in [6, 6.07) is 8.94. The van der Waals surface area contributed by atoms with E-state index in [1.54, 1.807) is 24.3 Å². The van der Waals surface area contributed by atoms with E-state index in [1.165, 1.54) is 4.90 Å². The van der Waals surface area contributed by atoms with Crippen molar-refractivity contribution in [3.63, 3.8) is 0 Å². The van der Waals surface area contributed by atoms with Crippen LogP contribution in [0.15, 0.2) is 42.5 Å². The van der Waals surface area contributed by atoms with Gasteiger partial charge in [-0.05, 0) is 12.1 Å². The maximum atomic E-state index is 13.1. The quantitative estimate of drug-likeness (QED) is 0.662. The standard InChI is InChI=1S/C20H22N2O4/c1-19(2,3)18(25)21-11-20-10-9-13(26-20)14-15(20)17(24)22(16(14)23)12-7-5-4-6-8-12/h4-10,13-15H,11H2,1-3H3,(H,21,25)/t13-,14-,15+,20-/m0/s1. The Hall–Kier alpha value is -2.47. The number of benzene rings is 1. The third kappa shape index (κ3) is 2.32. The molecule has 3 heterocycles.